The van der Waals surface area contributed by atoms with Gasteiger partial charge in [0.15, 0.2) is 0 Å². The third-order valence-electron chi connectivity index (χ3n) is 3.25. The van der Waals surface area contributed by atoms with E-state index in [-0.39, 0.29) is 0 Å². The first kappa shape index (κ1) is 14.3. The lowest BCUT2D eigenvalue weighted by atomic mass is 9.97. The van der Waals surface area contributed by atoms with Gasteiger partial charge in [0.05, 0.1) is 5.56 Å². The molecule has 110 valence electrons. The zero-order valence-electron chi connectivity index (χ0n) is 11.4. The highest BCUT2D eigenvalue weighted by Crippen LogP contribution is 2.35. The zero-order valence-corrected chi connectivity index (χ0v) is 11.4. The standard InChI is InChI=1S/C17H11F3N2/c18-17(19,20)16-8-14(12-3-1-5-21-10-12)7-15(9-16)13-4-2-6-22-11-13/h1-11H. The molecule has 0 saturated heterocycles. The maximum Gasteiger partial charge on any atom is 0.416 e. The Balaban J connectivity index is 2.19. The van der Waals surface area contributed by atoms with Crippen LogP contribution >= 0.6 is 0 Å². The Morgan fingerprint density at radius 1 is 0.682 bits per heavy atom. The van der Waals surface area contributed by atoms with E-state index in [1.54, 1.807) is 55.1 Å². The van der Waals surface area contributed by atoms with E-state index in [0.29, 0.717) is 22.3 Å². The molecule has 0 amide bonds. The highest BCUT2D eigenvalue weighted by molar-refractivity contribution is 5.73. The Morgan fingerprint density at radius 3 is 1.55 bits per heavy atom. The molecule has 0 bridgehead atoms. The van der Waals surface area contributed by atoms with Gasteiger partial charge in [0.25, 0.3) is 0 Å². The normalized spacial score (nSPS) is 11.4. The molecule has 3 aromatic rings. The van der Waals surface area contributed by atoms with Crippen LogP contribution in [0.2, 0.25) is 0 Å². The van der Waals surface area contributed by atoms with Gasteiger partial charge < -0.3 is 0 Å². The Hall–Kier alpha value is -2.69. The molecule has 0 aliphatic heterocycles. The molecule has 0 saturated carbocycles. The van der Waals surface area contributed by atoms with Crippen molar-refractivity contribution in [1.29, 1.82) is 0 Å². The van der Waals surface area contributed by atoms with Gasteiger partial charge in [-0.05, 0) is 41.5 Å². The number of hydrogen-bond acceptors (Lipinski definition) is 2. The lowest BCUT2D eigenvalue weighted by molar-refractivity contribution is -0.137. The van der Waals surface area contributed by atoms with E-state index in [0.717, 1.165) is 12.1 Å². The molecule has 0 radical (unpaired) electrons. The molecule has 0 unspecified atom stereocenters. The SMILES string of the molecule is FC(F)(F)c1cc(-c2cccnc2)cc(-c2cccnc2)c1. The molecule has 0 fully saturated rings. The summed E-state index contributed by atoms with van der Waals surface area (Å²) >= 11 is 0. The van der Waals surface area contributed by atoms with Crippen LogP contribution in [-0.4, -0.2) is 9.97 Å². The van der Waals surface area contributed by atoms with Gasteiger partial charge >= 0.3 is 6.18 Å². The van der Waals surface area contributed by atoms with Crippen molar-refractivity contribution in [3.05, 3.63) is 72.8 Å². The fourth-order valence-corrected chi connectivity index (χ4v) is 2.19. The molecule has 1 aromatic carbocycles. The number of benzene rings is 1. The van der Waals surface area contributed by atoms with E-state index in [1.165, 1.54) is 0 Å². The molecule has 5 heteroatoms. The minimum absolute atomic E-state index is 0.474. The van der Waals surface area contributed by atoms with Gasteiger partial charge in [0, 0.05) is 35.9 Å². The van der Waals surface area contributed by atoms with Crippen LogP contribution in [0.4, 0.5) is 13.2 Å². The van der Waals surface area contributed by atoms with E-state index < -0.39 is 11.7 Å². The smallest absolute Gasteiger partial charge is 0.264 e. The molecule has 3 rings (SSSR count). The Labute approximate surface area is 125 Å². The van der Waals surface area contributed by atoms with Crippen LogP contribution in [0.1, 0.15) is 5.56 Å². The molecular formula is C17H11F3N2. The summed E-state index contributed by atoms with van der Waals surface area (Å²) in [6.07, 6.45) is 1.85. The highest BCUT2D eigenvalue weighted by Gasteiger charge is 2.31. The van der Waals surface area contributed by atoms with Crippen molar-refractivity contribution in [2.24, 2.45) is 0 Å². The minimum Gasteiger partial charge on any atom is -0.264 e. The Morgan fingerprint density at radius 2 is 1.18 bits per heavy atom. The number of rotatable bonds is 2. The third kappa shape index (κ3) is 2.98. The topological polar surface area (TPSA) is 25.8 Å². The van der Waals surface area contributed by atoms with E-state index in [2.05, 4.69) is 9.97 Å². The monoisotopic (exact) mass is 300 g/mol. The fraction of sp³-hybridized carbons (Fsp3) is 0.0588. The first-order valence-electron chi connectivity index (χ1n) is 6.57. The summed E-state index contributed by atoms with van der Waals surface area (Å²) in [6, 6.07) is 10.8. The molecular weight excluding hydrogens is 289 g/mol. The van der Waals surface area contributed by atoms with Gasteiger partial charge in [-0.3, -0.25) is 9.97 Å². The molecule has 2 nitrogen and oxygen atoms in total. The van der Waals surface area contributed by atoms with Crippen LogP contribution in [0.3, 0.4) is 0 Å². The third-order valence-corrected chi connectivity index (χ3v) is 3.25. The molecule has 22 heavy (non-hydrogen) atoms. The van der Waals surface area contributed by atoms with Crippen molar-refractivity contribution in [2.75, 3.05) is 0 Å². The lowest BCUT2D eigenvalue weighted by Crippen LogP contribution is -2.05. The lowest BCUT2D eigenvalue weighted by Gasteiger charge is -2.12. The van der Waals surface area contributed by atoms with Gasteiger partial charge in [0.2, 0.25) is 0 Å². The molecule has 0 aliphatic carbocycles. The van der Waals surface area contributed by atoms with Gasteiger partial charge in [-0.1, -0.05) is 12.1 Å². The summed E-state index contributed by atoms with van der Waals surface area (Å²) in [5.74, 6) is 0. The van der Waals surface area contributed by atoms with Crippen molar-refractivity contribution in [3.63, 3.8) is 0 Å². The van der Waals surface area contributed by atoms with E-state index in [4.69, 9.17) is 0 Å². The maximum absolute atomic E-state index is 13.1. The van der Waals surface area contributed by atoms with Crippen LogP contribution in [0.15, 0.2) is 67.3 Å². The van der Waals surface area contributed by atoms with Crippen molar-refractivity contribution in [2.45, 2.75) is 6.18 Å². The minimum atomic E-state index is -4.41. The summed E-state index contributed by atoms with van der Waals surface area (Å²) < 4.78 is 39.4. The van der Waals surface area contributed by atoms with Crippen LogP contribution in [0.5, 0.6) is 0 Å². The van der Waals surface area contributed by atoms with Crippen LogP contribution in [0, 0.1) is 0 Å². The van der Waals surface area contributed by atoms with Crippen LogP contribution < -0.4 is 0 Å². The molecule has 0 aliphatic rings. The van der Waals surface area contributed by atoms with Gasteiger partial charge in [-0.25, -0.2) is 0 Å². The number of alkyl halides is 3. The number of hydrogen-bond donors (Lipinski definition) is 0. The number of nitrogens with zero attached hydrogens (tertiary/aromatic N) is 2. The Bertz CT molecular complexity index is 711. The van der Waals surface area contributed by atoms with Gasteiger partial charge in [-0.15, -0.1) is 0 Å². The Kier molecular flexibility index (Phi) is 3.63. The van der Waals surface area contributed by atoms with Gasteiger partial charge in [0.1, 0.15) is 0 Å². The summed E-state index contributed by atoms with van der Waals surface area (Å²) in [5.41, 5.74) is 1.54. The number of pyridine rings is 2. The second kappa shape index (κ2) is 5.60. The first-order valence-corrected chi connectivity index (χ1v) is 6.57. The quantitative estimate of drug-likeness (QED) is 0.677. The summed E-state index contributed by atoms with van der Waals surface area (Å²) in [4.78, 5) is 7.92. The molecule has 2 aromatic heterocycles. The summed E-state index contributed by atoms with van der Waals surface area (Å²) in [5, 5.41) is 0. The predicted octanol–water partition coefficient (Wildman–Crippen LogP) is 4.83. The summed E-state index contributed by atoms with van der Waals surface area (Å²) in [6.45, 7) is 0. The zero-order chi connectivity index (χ0) is 15.6. The molecule has 0 spiro atoms. The van der Waals surface area contributed by atoms with Crippen LogP contribution in [0.25, 0.3) is 22.3 Å². The van der Waals surface area contributed by atoms with Gasteiger partial charge in [-0.2, -0.15) is 13.2 Å². The maximum atomic E-state index is 13.1. The van der Waals surface area contributed by atoms with Crippen molar-refractivity contribution in [1.82, 2.24) is 9.97 Å². The molecule has 0 N–H and O–H groups in total. The van der Waals surface area contributed by atoms with Crippen molar-refractivity contribution in [3.8, 4) is 22.3 Å². The summed E-state index contributed by atoms with van der Waals surface area (Å²) in [7, 11) is 0. The number of halogens is 3. The fourth-order valence-electron chi connectivity index (χ4n) is 2.19. The van der Waals surface area contributed by atoms with Crippen LogP contribution in [-0.2, 0) is 6.18 Å². The molecule has 2 heterocycles. The first-order chi connectivity index (χ1) is 10.5. The van der Waals surface area contributed by atoms with E-state index in [1.807, 2.05) is 0 Å². The second-order valence-electron chi connectivity index (χ2n) is 4.78. The largest absolute Gasteiger partial charge is 0.416 e. The van der Waals surface area contributed by atoms with E-state index >= 15 is 0 Å². The van der Waals surface area contributed by atoms with Crippen molar-refractivity contribution >= 4 is 0 Å². The highest BCUT2D eigenvalue weighted by atomic mass is 19.4. The predicted molar refractivity (Wildman–Crippen MR) is 77.9 cm³/mol. The average molecular weight is 300 g/mol. The van der Waals surface area contributed by atoms with Crippen molar-refractivity contribution < 1.29 is 13.2 Å². The number of aromatic nitrogens is 2. The second-order valence-corrected chi connectivity index (χ2v) is 4.78. The average Bonchev–Trinajstić information content (AvgIpc) is 2.55. The molecule has 0 atom stereocenters. The van der Waals surface area contributed by atoms with E-state index in [9.17, 15) is 13.2 Å².